The highest BCUT2D eigenvalue weighted by Crippen LogP contribution is 2.18. The van der Waals surface area contributed by atoms with E-state index in [1.54, 1.807) is 0 Å². The van der Waals surface area contributed by atoms with Crippen molar-refractivity contribution in [1.29, 1.82) is 0 Å². The predicted molar refractivity (Wildman–Crippen MR) is 44.2 cm³/mol. The first kappa shape index (κ1) is 9.41. The lowest BCUT2D eigenvalue weighted by Crippen LogP contribution is -2.49. The van der Waals surface area contributed by atoms with Crippen molar-refractivity contribution >= 4 is 17.6 Å². The summed E-state index contributed by atoms with van der Waals surface area (Å²) in [6, 6.07) is 5.51. The molecule has 78 valence electrons. The van der Waals surface area contributed by atoms with Gasteiger partial charge in [0.15, 0.2) is 5.82 Å². The van der Waals surface area contributed by atoms with Crippen LogP contribution in [0.25, 0.3) is 0 Å². The Labute approximate surface area is 83.1 Å². The molecule has 0 atom stereocenters. The number of carbonyl (C=O) groups is 2. The molecule has 1 heterocycles. The van der Waals surface area contributed by atoms with Crippen molar-refractivity contribution in [2.24, 2.45) is 0 Å². The number of anilines is 1. The number of rotatable bonds is 1. The molecule has 1 aromatic carbocycles. The molecule has 7 heteroatoms. The van der Waals surface area contributed by atoms with E-state index in [9.17, 15) is 14.0 Å². The summed E-state index contributed by atoms with van der Waals surface area (Å²) < 4.78 is 13.2. The van der Waals surface area contributed by atoms with Gasteiger partial charge in [-0.05, 0) is 17.7 Å². The van der Waals surface area contributed by atoms with Crippen LogP contribution in [0.4, 0.5) is 10.1 Å². The van der Waals surface area contributed by atoms with Gasteiger partial charge < -0.3 is 9.68 Å². The second-order valence-electron chi connectivity index (χ2n) is 2.61. The third kappa shape index (κ3) is 1.72. The number of halogens is 1. The summed E-state index contributed by atoms with van der Waals surface area (Å²) in [7, 11) is 0. The smallest absolute Gasteiger partial charge is 0.338 e. The van der Waals surface area contributed by atoms with Gasteiger partial charge in [-0.2, -0.15) is 0 Å². The molecule has 1 fully saturated rings. The molecule has 0 spiro atoms. The van der Waals surface area contributed by atoms with Gasteiger partial charge in [-0.3, -0.25) is 0 Å². The quantitative estimate of drug-likeness (QED) is 0.664. The molecule has 0 amide bonds. The van der Waals surface area contributed by atoms with E-state index in [-0.39, 0.29) is 5.69 Å². The molecule has 0 unspecified atom stereocenters. The second kappa shape index (κ2) is 3.54. The Morgan fingerprint density at radius 1 is 1.20 bits per heavy atom. The van der Waals surface area contributed by atoms with Gasteiger partial charge >= 0.3 is 11.9 Å². The number of carbonyl (C=O) groups excluding carboxylic acids is 2. The highest BCUT2D eigenvalue weighted by Gasteiger charge is 2.30. The molecular formula is C8H5FN2O4. The number of hydrogen-bond acceptors (Lipinski definition) is 6. The van der Waals surface area contributed by atoms with Crippen molar-refractivity contribution in [3.63, 3.8) is 0 Å². The molecule has 0 aromatic heterocycles. The highest BCUT2D eigenvalue weighted by atomic mass is 19.1. The second-order valence-corrected chi connectivity index (χ2v) is 2.61. The van der Waals surface area contributed by atoms with Crippen molar-refractivity contribution in [3.05, 3.63) is 30.1 Å². The number of nitrogens with zero attached hydrogens (tertiary/aromatic N) is 1. The number of hydrazine groups is 1. The molecule has 1 N–H and O–H groups in total. The Kier molecular flexibility index (Phi) is 2.22. The molecule has 0 bridgehead atoms. The molecule has 0 saturated carbocycles. The third-order valence-electron chi connectivity index (χ3n) is 1.63. The van der Waals surface area contributed by atoms with Gasteiger partial charge in [-0.15, -0.1) is 0 Å². The standard InChI is InChI=1S/C8H5FN2O4/c9-5-3-1-2-4-6(5)11-10-14-7(12)8(13)15-11/h1-4,10H. The van der Waals surface area contributed by atoms with Crippen molar-refractivity contribution in [1.82, 2.24) is 5.59 Å². The van der Waals surface area contributed by atoms with Crippen molar-refractivity contribution in [2.45, 2.75) is 0 Å². The minimum Gasteiger partial charge on any atom is -0.338 e. The van der Waals surface area contributed by atoms with Gasteiger partial charge in [-0.25, -0.2) is 14.0 Å². The van der Waals surface area contributed by atoms with Gasteiger partial charge in [0.25, 0.3) is 0 Å². The first-order valence-corrected chi connectivity index (χ1v) is 3.92. The molecule has 15 heavy (non-hydrogen) atoms. The lowest BCUT2D eigenvalue weighted by Gasteiger charge is -2.25. The minimum atomic E-state index is -1.22. The molecule has 1 aromatic rings. The Hall–Kier alpha value is -2.15. The normalized spacial score (nSPS) is 15.9. The van der Waals surface area contributed by atoms with E-state index in [4.69, 9.17) is 0 Å². The van der Waals surface area contributed by atoms with Crippen molar-refractivity contribution in [3.8, 4) is 0 Å². The number of hydrogen-bond donors (Lipinski definition) is 1. The Morgan fingerprint density at radius 2 is 1.93 bits per heavy atom. The summed E-state index contributed by atoms with van der Waals surface area (Å²) in [5.74, 6) is -3.05. The Bertz CT molecular complexity index is 423. The van der Waals surface area contributed by atoms with E-state index in [2.05, 4.69) is 9.68 Å². The van der Waals surface area contributed by atoms with Gasteiger partial charge in [0, 0.05) is 0 Å². The average Bonchev–Trinajstić information content (AvgIpc) is 2.23. The molecule has 1 saturated heterocycles. The van der Waals surface area contributed by atoms with Gasteiger partial charge in [0.05, 0.1) is 0 Å². The van der Waals surface area contributed by atoms with Gasteiger partial charge in [0.1, 0.15) is 5.69 Å². The van der Waals surface area contributed by atoms with Crippen molar-refractivity contribution < 1.29 is 23.7 Å². The van der Waals surface area contributed by atoms with Crippen LogP contribution in [0, 0.1) is 5.82 Å². The van der Waals surface area contributed by atoms with Crippen LogP contribution in [-0.2, 0) is 19.3 Å². The topological polar surface area (TPSA) is 67.9 Å². The maximum atomic E-state index is 13.2. The van der Waals surface area contributed by atoms with Crippen molar-refractivity contribution in [2.75, 3.05) is 5.17 Å². The van der Waals surface area contributed by atoms with Crippen LogP contribution in [0.5, 0.6) is 0 Å². The third-order valence-corrected chi connectivity index (χ3v) is 1.63. The van der Waals surface area contributed by atoms with E-state index in [0.717, 1.165) is 0 Å². The monoisotopic (exact) mass is 212 g/mol. The van der Waals surface area contributed by atoms with Crippen LogP contribution in [0.2, 0.25) is 0 Å². The van der Waals surface area contributed by atoms with Gasteiger partial charge in [0.2, 0.25) is 0 Å². The van der Waals surface area contributed by atoms with Crippen LogP contribution >= 0.6 is 0 Å². The highest BCUT2D eigenvalue weighted by molar-refractivity contribution is 6.30. The maximum Gasteiger partial charge on any atom is 0.444 e. The maximum absolute atomic E-state index is 13.2. The zero-order chi connectivity index (χ0) is 10.8. The molecule has 0 aliphatic carbocycles. The molecule has 0 radical (unpaired) electrons. The number of para-hydroxylation sites is 1. The zero-order valence-corrected chi connectivity index (χ0v) is 7.27. The fourth-order valence-electron chi connectivity index (χ4n) is 0.978. The van der Waals surface area contributed by atoms with E-state index in [0.29, 0.717) is 5.17 Å². The van der Waals surface area contributed by atoms with E-state index in [1.807, 2.05) is 5.59 Å². The largest absolute Gasteiger partial charge is 0.444 e. The predicted octanol–water partition coefficient (Wildman–Crippen LogP) is 0.0667. The average molecular weight is 212 g/mol. The van der Waals surface area contributed by atoms with E-state index >= 15 is 0 Å². The first-order valence-electron chi connectivity index (χ1n) is 3.92. The summed E-state index contributed by atoms with van der Waals surface area (Å²) in [6.45, 7) is 0. The first-order chi connectivity index (χ1) is 7.18. The van der Waals surface area contributed by atoms with Crippen LogP contribution in [-0.4, -0.2) is 11.9 Å². The summed E-state index contributed by atoms with van der Waals surface area (Å²) in [4.78, 5) is 30.0. The summed E-state index contributed by atoms with van der Waals surface area (Å²) >= 11 is 0. The molecule has 2 rings (SSSR count). The van der Waals surface area contributed by atoms with Crippen LogP contribution in [0.1, 0.15) is 0 Å². The molecular weight excluding hydrogens is 207 g/mol. The number of benzene rings is 1. The molecule has 1 aliphatic heterocycles. The fourth-order valence-corrected chi connectivity index (χ4v) is 0.978. The number of nitrogens with one attached hydrogen (secondary N) is 1. The van der Waals surface area contributed by atoms with Crippen LogP contribution in [0.15, 0.2) is 24.3 Å². The molecule has 6 nitrogen and oxygen atoms in total. The summed E-state index contributed by atoms with van der Waals surface area (Å²) in [5, 5.41) is 0.624. The Morgan fingerprint density at radius 3 is 2.60 bits per heavy atom. The fraction of sp³-hybridized carbons (Fsp3) is 0. The molecule has 1 aliphatic rings. The minimum absolute atomic E-state index is 0.0710. The summed E-state index contributed by atoms with van der Waals surface area (Å²) in [6.07, 6.45) is 0. The lowest BCUT2D eigenvalue weighted by molar-refractivity contribution is -0.192. The lowest BCUT2D eigenvalue weighted by atomic mass is 10.3. The van der Waals surface area contributed by atoms with Gasteiger partial charge in [-0.1, -0.05) is 17.3 Å². The van der Waals surface area contributed by atoms with E-state index in [1.165, 1.54) is 24.3 Å². The van der Waals surface area contributed by atoms with E-state index < -0.39 is 17.8 Å². The Balaban J connectivity index is 2.23. The summed E-state index contributed by atoms with van der Waals surface area (Å²) in [5.41, 5.74) is 1.89. The van der Waals surface area contributed by atoms with Crippen LogP contribution in [0.3, 0.4) is 0 Å². The zero-order valence-electron chi connectivity index (χ0n) is 7.27. The van der Waals surface area contributed by atoms with Crippen LogP contribution < -0.4 is 10.8 Å². The SMILES string of the molecule is O=C1ONN(c2ccccc2F)OC1=O.